The zero-order valence-electron chi connectivity index (χ0n) is 13.0. The minimum atomic E-state index is -0.0337. The van der Waals surface area contributed by atoms with E-state index >= 15 is 0 Å². The molecule has 1 atom stereocenters. The molecule has 3 heteroatoms. The monoisotopic (exact) mass is 297 g/mol. The van der Waals surface area contributed by atoms with Crippen LogP contribution in [0.1, 0.15) is 44.6 Å². The minimum absolute atomic E-state index is 0.00106. The van der Waals surface area contributed by atoms with Crippen molar-refractivity contribution in [1.29, 1.82) is 0 Å². The largest absolute Gasteiger partial charge is 0.485 e. The number of amides is 1. The topological polar surface area (TPSA) is 38.3 Å². The lowest BCUT2D eigenvalue weighted by Gasteiger charge is -2.23. The van der Waals surface area contributed by atoms with E-state index < -0.39 is 0 Å². The number of ether oxygens (including phenoxy) is 1. The predicted molar refractivity (Wildman–Crippen MR) is 88.7 cm³/mol. The van der Waals surface area contributed by atoms with Gasteiger partial charge >= 0.3 is 0 Å². The Morgan fingerprint density at radius 3 is 2.82 bits per heavy atom. The van der Waals surface area contributed by atoms with Gasteiger partial charge in [-0.15, -0.1) is 0 Å². The minimum Gasteiger partial charge on any atom is -0.485 e. The Balaban J connectivity index is 1.64. The standard InChI is InChI=1S/C19H23NO2/c1-14-15(13-16-7-5-6-10-18(16)22-14)11-12-19(21)20-17-8-3-2-4-9-17/h5-7,10-14,17H,2-4,8-9H2,1H3,(H,20,21). The zero-order valence-corrected chi connectivity index (χ0v) is 13.0. The molecular weight excluding hydrogens is 274 g/mol. The van der Waals surface area contributed by atoms with Crippen molar-refractivity contribution in [3.8, 4) is 5.75 Å². The van der Waals surface area contributed by atoms with Crippen LogP contribution in [0.3, 0.4) is 0 Å². The second kappa shape index (κ2) is 6.82. The van der Waals surface area contributed by atoms with Crippen LogP contribution in [-0.2, 0) is 4.79 Å². The van der Waals surface area contributed by atoms with Crippen LogP contribution in [0, 0.1) is 0 Å². The summed E-state index contributed by atoms with van der Waals surface area (Å²) in [6, 6.07) is 8.31. The molecule has 0 aromatic heterocycles. The highest BCUT2D eigenvalue weighted by molar-refractivity contribution is 5.88. The fourth-order valence-corrected chi connectivity index (χ4v) is 3.11. The molecule has 0 spiro atoms. The first-order chi connectivity index (χ1) is 10.7. The van der Waals surface area contributed by atoms with Gasteiger partial charge in [0.2, 0.25) is 5.91 Å². The Labute approximate surface area is 132 Å². The summed E-state index contributed by atoms with van der Waals surface area (Å²) in [6.07, 6.45) is 11.5. The van der Waals surface area contributed by atoms with Crippen molar-refractivity contribution in [1.82, 2.24) is 5.32 Å². The lowest BCUT2D eigenvalue weighted by atomic mass is 9.95. The lowest BCUT2D eigenvalue weighted by molar-refractivity contribution is -0.117. The van der Waals surface area contributed by atoms with Gasteiger partial charge < -0.3 is 10.1 Å². The van der Waals surface area contributed by atoms with E-state index in [1.165, 1.54) is 19.3 Å². The lowest BCUT2D eigenvalue weighted by Crippen LogP contribution is -2.35. The van der Waals surface area contributed by atoms with Crippen LogP contribution in [0.4, 0.5) is 0 Å². The van der Waals surface area contributed by atoms with E-state index in [2.05, 4.69) is 11.4 Å². The number of hydrogen-bond donors (Lipinski definition) is 1. The summed E-state index contributed by atoms with van der Waals surface area (Å²) >= 11 is 0. The second-order valence-corrected chi connectivity index (χ2v) is 6.12. The molecule has 1 aromatic rings. The van der Waals surface area contributed by atoms with Gasteiger partial charge in [-0.2, -0.15) is 0 Å². The number of rotatable bonds is 3. The Morgan fingerprint density at radius 2 is 2.00 bits per heavy atom. The highest BCUT2D eigenvalue weighted by Crippen LogP contribution is 2.29. The molecular formula is C19H23NO2. The first-order valence-corrected chi connectivity index (χ1v) is 8.18. The number of carbonyl (C=O) groups is 1. The van der Waals surface area contributed by atoms with Gasteiger partial charge in [-0.3, -0.25) is 4.79 Å². The molecule has 1 amide bonds. The third kappa shape index (κ3) is 3.59. The molecule has 0 saturated heterocycles. The van der Waals surface area contributed by atoms with Crippen molar-refractivity contribution in [2.24, 2.45) is 0 Å². The molecule has 3 rings (SSSR count). The van der Waals surface area contributed by atoms with Crippen molar-refractivity contribution in [2.45, 2.75) is 51.2 Å². The van der Waals surface area contributed by atoms with Crippen LogP contribution in [0.5, 0.6) is 5.75 Å². The molecule has 116 valence electrons. The fraction of sp³-hybridized carbons (Fsp3) is 0.421. The summed E-state index contributed by atoms with van der Waals surface area (Å²) in [6.45, 7) is 2.01. The third-order valence-corrected chi connectivity index (χ3v) is 4.39. The molecule has 1 fully saturated rings. The Bertz CT molecular complexity index is 597. The molecule has 1 aliphatic carbocycles. The Kier molecular flexibility index (Phi) is 4.62. The molecule has 1 aromatic carbocycles. The van der Waals surface area contributed by atoms with Gasteiger partial charge in [0.25, 0.3) is 0 Å². The van der Waals surface area contributed by atoms with Crippen LogP contribution >= 0.6 is 0 Å². The first-order valence-electron chi connectivity index (χ1n) is 8.18. The molecule has 1 N–H and O–H groups in total. The molecule has 1 unspecified atom stereocenters. The Morgan fingerprint density at radius 1 is 1.23 bits per heavy atom. The number of nitrogens with one attached hydrogen (secondary N) is 1. The normalized spacial score (nSPS) is 21.9. The summed E-state index contributed by atoms with van der Waals surface area (Å²) < 4.78 is 5.88. The second-order valence-electron chi connectivity index (χ2n) is 6.12. The first kappa shape index (κ1) is 14.9. The molecule has 0 bridgehead atoms. The van der Waals surface area contributed by atoms with Crippen molar-refractivity contribution in [3.05, 3.63) is 47.6 Å². The maximum Gasteiger partial charge on any atom is 0.244 e. The average Bonchev–Trinajstić information content (AvgIpc) is 2.54. The smallest absolute Gasteiger partial charge is 0.244 e. The van der Waals surface area contributed by atoms with Crippen molar-refractivity contribution < 1.29 is 9.53 Å². The van der Waals surface area contributed by atoms with Crippen LogP contribution in [0.2, 0.25) is 0 Å². The van der Waals surface area contributed by atoms with E-state index in [1.54, 1.807) is 6.08 Å². The van der Waals surface area contributed by atoms with E-state index in [9.17, 15) is 4.79 Å². The summed E-state index contributed by atoms with van der Waals surface area (Å²) in [4.78, 5) is 12.0. The number of fused-ring (bicyclic) bond motifs is 1. The fourth-order valence-electron chi connectivity index (χ4n) is 3.11. The van der Waals surface area contributed by atoms with E-state index in [1.807, 2.05) is 37.3 Å². The zero-order chi connectivity index (χ0) is 15.4. The summed E-state index contributed by atoms with van der Waals surface area (Å²) in [5, 5.41) is 3.10. The molecule has 22 heavy (non-hydrogen) atoms. The van der Waals surface area contributed by atoms with Crippen LogP contribution in [0.15, 0.2) is 42.0 Å². The van der Waals surface area contributed by atoms with Gasteiger partial charge in [0.05, 0.1) is 0 Å². The number of para-hydroxylation sites is 1. The third-order valence-electron chi connectivity index (χ3n) is 4.39. The quantitative estimate of drug-likeness (QED) is 0.860. The van der Waals surface area contributed by atoms with E-state index in [0.717, 1.165) is 29.7 Å². The van der Waals surface area contributed by atoms with Gasteiger partial charge in [0.1, 0.15) is 11.9 Å². The summed E-state index contributed by atoms with van der Waals surface area (Å²) in [5.41, 5.74) is 2.09. The van der Waals surface area contributed by atoms with Gasteiger partial charge in [-0.05, 0) is 43.6 Å². The highest BCUT2D eigenvalue weighted by atomic mass is 16.5. The van der Waals surface area contributed by atoms with Gasteiger partial charge in [-0.25, -0.2) is 0 Å². The highest BCUT2D eigenvalue weighted by Gasteiger charge is 2.17. The van der Waals surface area contributed by atoms with E-state index in [0.29, 0.717) is 6.04 Å². The van der Waals surface area contributed by atoms with E-state index in [-0.39, 0.29) is 12.0 Å². The number of carbonyl (C=O) groups excluding carboxylic acids is 1. The van der Waals surface area contributed by atoms with E-state index in [4.69, 9.17) is 4.74 Å². The van der Waals surface area contributed by atoms with Crippen LogP contribution < -0.4 is 10.1 Å². The van der Waals surface area contributed by atoms with Gasteiger partial charge in [0.15, 0.2) is 0 Å². The molecule has 2 aliphatic rings. The molecule has 3 nitrogen and oxygen atoms in total. The maximum absolute atomic E-state index is 12.0. The van der Waals surface area contributed by atoms with Crippen molar-refractivity contribution in [2.75, 3.05) is 0 Å². The molecule has 1 saturated carbocycles. The number of hydrogen-bond acceptors (Lipinski definition) is 2. The number of benzene rings is 1. The maximum atomic E-state index is 12.0. The van der Waals surface area contributed by atoms with Crippen LogP contribution in [0.25, 0.3) is 6.08 Å². The van der Waals surface area contributed by atoms with Gasteiger partial charge in [-0.1, -0.05) is 37.5 Å². The van der Waals surface area contributed by atoms with Gasteiger partial charge in [0, 0.05) is 17.7 Å². The van der Waals surface area contributed by atoms with Crippen LogP contribution in [-0.4, -0.2) is 18.1 Å². The summed E-state index contributed by atoms with van der Waals surface area (Å²) in [7, 11) is 0. The Hall–Kier alpha value is -2.03. The van der Waals surface area contributed by atoms with Crippen molar-refractivity contribution in [3.63, 3.8) is 0 Å². The molecule has 1 aliphatic heterocycles. The molecule has 0 radical (unpaired) electrons. The predicted octanol–water partition coefficient (Wildman–Crippen LogP) is 3.86. The average molecular weight is 297 g/mol. The molecule has 1 heterocycles. The SMILES string of the molecule is CC1Oc2ccccc2C=C1C=CC(=O)NC1CCCCC1. The van der Waals surface area contributed by atoms with Crippen molar-refractivity contribution >= 4 is 12.0 Å². The summed E-state index contributed by atoms with van der Waals surface area (Å²) in [5.74, 6) is 0.901.